The lowest BCUT2D eigenvalue weighted by atomic mass is 9.53. The lowest BCUT2D eigenvalue weighted by Gasteiger charge is -2.50. The normalized spacial score (nSPS) is 38.0. The first-order valence-corrected chi connectivity index (χ1v) is 8.88. The van der Waals surface area contributed by atoms with Gasteiger partial charge in [0.25, 0.3) is 0 Å². The van der Waals surface area contributed by atoms with Crippen LogP contribution in [0.4, 0.5) is 0 Å². The molecule has 0 amide bonds. The number of carbonyl (C=O) groups is 2. The Kier molecular flexibility index (Phi) is 5.50. The lowest BCUT2D eigenvalue weighted by Crippen LogP contribution is -2.53. The van der Waals surface area contributed by atoms with E-state index in [4.69, 9.17) is 0 Å². The summed E-state index contributed by atoms with van der Waals surface area (Å²) in [6, 6.07) is 0. The van der Waals surface area contributed by atoms with Crippen molar-refractivity contribution in [2.45, 2.75) is 65.1 Å². The Morgan fingerprint density at radius 2 is 2.12 bits per heavy atom. The molecule has 0 saturated heterocycles. The molecule has 6 unspecified atom stereocenters. The van der Waals surface area contributed by atoms with Gasteiger partial charge in [-0.1, -0.05) is 32.1 Å². The lowest BCUT2D eigenvalue weighted by molar-refractivity contribution is -0.133. The molecule has 0 heterocycles. The minimum atomic E-state index is -0.917. The molecule has 1 fully saturated rings. The van der Waals surface area contributed by atoms with Gasteiger partial charge in [0, 0.05) is 11.0 Å². The standard InChI is InChI=1S/C20H30O4/c1-13(2)17(23)7-5-14(3)16-9-10-19(4)18(24)8-6-15(11-21)20(16,19)12-22/h6,11-12,14,16-18,23-24H,1,5,7-10H2,2-4H3. The minimum absolute atomic E-state index is 0.00345. The first-order valence-electron chi connectivity index (χ1n) is 8.88. The van der Waals surface area contributed by atoms with Gasteiger partial charge in [0.15, 0.2) is 0 Å². The number of aliphatic hydroxyl groups excluding tert-OH is 2. The van der Waals surface area contributed by atoms with Gasteiger partial charge in [0.05, 0.1) is 17.6 Å². The van der Waals surface area contributed by atoms with E-state index in [1.54, 1.807) is 13.0 Å². The number of carbonyl (C=O) groups excluding carboxylic acids is 2. The van der Waals surface area contributed by atoms with Crippen LogP contribution in [-0.2, 0) is 9.59 Å². The average molecular weight is 334 g/mol. The molecule has 2 aliphatic carbocycles. The summed E-state index contributed by atoms with van der Waals surface area (Å²) in [5, 5.41) is 20.6. The molecular weight excluding hydrogens is 304 g/mol. The summed E-state index contributed by atoms with van der Waals surface area (Å²) in [4.78, 5) is 23.9. The Morgan fingerprint density at radius 3 is 2.67 bits per heavy atom. The summed E-state index contributed by atoms with van der Waals surface area (Å²) >= 11 is 0. The monoisotopic (exact) mass is 334 g/mol. The summed E-state index contributed by atoms with van der Waals surface area (Å²) < 4.78 is 0. The van der Waals surface area contributed by atoms with Crippen molar-refractivity contribution in [3.8, 4) is 0 Å². The highest BCUT2D eigenvalue weighted by molar-refractivity contribution is 5.86. The fraction of sp³-hybridized carbons (Fsp3) is 0.700. The van der Waals surface area contributed by atoms with Crippen LogP contribution in [0, 0.1) is 22.7 Å². The number of hydrogen-bond acceptors (Lipinski definition) is 4. The van der Waals surface area contributed by atoms with Crippen LogP contribution in [-0.4, -0.2) is 35.0 Å². The molecule has 0 radical (unpaired) electrons. The topological polar surface area (TPSA) is 74.6 Å². The van der Waals surface area contributed by atoms with Crippen LogP contribution >= 0.6 is 0 Å². The fourth-order valence-corrected chi connectivity index (χ4v) is 5.00. The van der Waals surface area contributed by atoms with Gasteiger partial charge in [-0.2, -0.15) is 0 Å². The Hall–Kier alpha value is -1.26. The van der Waals surface area contributed by atoms with Crippen LogP contribution in [0.3, 0.4) is 0 Å². The molecule has 0 aromatic heterocycles. The minimum Gasteiger partial charge on any atom is -0.392 e. The van der Waals surface area contributed by atoms with Gasteiger partial charge in [0.2, 0.25) is 0 Å². The summed E-state index contributed by atoms with van der Waals surface area (Å²) in [6.07, 6.45) is 5.63. The van der Waals surface area contributed by atoms with Crippen molar-refractivity contribution in [2.24, 2.45) is 22.7 Å². The van der Waals surface area contributed by atoms with E-state index in [0.29, 0.717) is 18.4 Å². The van der Waals surface area contributed by atoms with Crippen LogP contribution in [0.25, 0.3) is 0 Å². The maximum absolute atomic E-state index is 12.3. The Labute approximate surface area is 144 Å². The zero-order valence-electron chi connectivity index (χ0n) is 15.0. The van der Waals surface area contributed by atoms with Gasteiger partial charge >= 0.3 is 0 Å². The van der Waals surface area contributed by atoms with Gasteiger partial charge in [-0.25, -0.2) is 0 Å². The van der Waals surface area contributed by atoms with Crippen molar-refractivity contribution in [1.29, 1.82) is 0 Å². The van der Waals surface area contributed by atoms with Gasteiger partial charge < -0.3 is 15.0 Å². The predicted octanol–water partition coefficient (Wildman–Crippen LogP) is 2.83. The molecule has 0 aromatic carbocycles. The number of hydrogen-bond donors (Lipinski definition) is 2. The van der Waals surface area contributed by atoms with Crippen LogP contribution in [0.2, 0.25) is 0 Å². The van der Waals surface area contributed by atoms with Crippen molar-refractivity contribution < 1.29 is 19.8 Å². The highest BCUT2D eigenvalue weighted by atomic mass is 16.3. The molecule has 4 heteroatoms. The first-order chi connectivity index (χ1) is 11.2. The average Bonchev–Trinajstić information content (AvgIpc) is 2.88. The Balaban J connectivity index is 2.32. The van der Waals surface area contributed by atoms with Gasteiger partial charge in [-0.15, -0.1) is 0 Å². The molecule has 1 saturated carbocycles. The van der Waals surface area contributed by atoms with E-state index in [9.17, 15) is 19.8 Å². The second-order valence-corrected chi connectivity index (χ2v) is 8.00. The van der Waals surface area contributed by atoms with E-state index in [2.05, 4.69) is 13.5 Å². The molecule has 6 atom stereocenters. The zero-order valence-corrected chi connectivity index (χ0v) is 15.0. The van der Waals surface area contributed by atoms with Crippen molar-refractivity contribution in [2.75, 3.05) is 0 Å². The van der Waals surface area contributed by atoms with Crippen molar-refractivity contribution in [3.63, 3.8) is 0 Å². The smallest absolute Gasteiger partial charge is 0.146 e. The second-order valence-electron chi connectivity index (χ2n) is 8.00. The fourth-order valence-electron chi connectivity index (χ4n) is 5.00. The van der Waals surface area contributed by atoms with E-state index in [1.807, 2.05) is 6.92 Å². The molecule has 24 heavy (non-hydrogen) atoms. The van der Waals surface area contributed by atoms with Crippen LogP contribution in [0.1, 0.15) is 52.9 Å². The number of aldehydes is 2. The highest BCUT2D eigenvalue weighted by Crippen LogP contribution is 2.64. The summed E-state index contributed by atoms with van der Waals surface area (Å²) in [5.74, 6) is 0.170. The summed E-state index contributed by atoms with van der Waals surface area (Å²) in [6.45, 7) is 9.60. The van der Waals surface area contributed by atoms with Crippen LogP contribution < -0.4 is 0 Å². The van der Waals surface area contributed by atoms with E-state index in [-0.39, 0.29) is 11.8 Å². The third-order valence-corrected chi connectivity index (χ3v) is 6.74. The third kappa shape index (κ3) is 2.70. The molecule has 134 valence electrons. The van der Waals surface area contributed by atoms with Gasteiger partial charge in [0.1, 0.15) is 12.6 Å². The molecular formula is C20H30O4. The number of rotatable bonds is 7. The van der Waals surface area contributed by atoms with Crippen LogP contribution in [0.15, 0.2) is 23.8 Å². The van der Waals surface area contributed by atoms with Crippen molar-refractivity contribution >= 4 is 12.6 Å². The third-order valence-electron chi connectivity index (χ3n) is 6.74. The van der Waals surface area contributed by atoms with Crippen molar-refractivity contribution in [1.82, 2.24) is 0 Å². The van der Waals surface area contributed by atoms with E-state index >= 15 is 0 Å². The molecule has 0 bridgehead atoms. The second kappa shape index (κ2) is 6.93. The zero-order chi connectivity index (χ0) is 18.1. The largest absolute Gasteiger partial charge is 0.392 e. The summed E-state index contributed by atoms with van der Waals surface area (Å²) in [5.41, 5.74) is -0.240. The Bertz CT molecular complexity index is 552. The maximum atomic E-state index is 12.3. The Morgan fingerprint density at radius 1 is 1.46 bits per heavy atom. The molecule has 4 nitrogen and oxygen atoms in total. The van der Waals surface area contributed by atoms with Gasteiger partial charge in [-0.05, 0) is 50.9 Å². The molecule has 0 aliphatic heterocycles. The van der Waals surface area contributed by atoms with Crippen LogP contribution in [0.5, 0.6) is 0 Å². The first kappa shape index (κ1) is 19.1. The highest BCUT2D eigenvalue weighted by Gasteiger charge is 2.64. The predicted molar refractivity (Wildman–Crippen MR) is 93.3 cm³/mol. The van der Waals surface area contributed by atoms with Gasteiger partial charge in [-0.3, -0.25) is 4.79 Å². The molecule has 0 aromatic rings. The number of fused-ring (bicyclic) bond motifs is 1. The summed E-state index contributed by atoms with van der Waals surface area (Å²) in [7, 11) is 0. The molecule has 2 rings (SSSR count). The molecule has 2 aliphatic rings. The molecule has 2 N–H and O–H groups in total. The van der Waals surface area contributed by atoms with E-state index in [0.717, 1.165) is 37.4 Å². The quantitative estimate of drug-likeness (QED) is 0.554. The van der Waals surface area contributed by atoms with E-state index < -0.39 is 23.0 Å². The number of aliphatic hydroxyl groups is 2. The van der Waals surface area contributed by atoms with E-state index in [1.165, 1.54) is 0 Å². The SMILES string of the molecule is C=C(C)C(O)CCC(C)C1CCC2(C)C(O)CC=C(C=O)C12C=O. The number of allylic oxidation sites excluding steroid dienone is 1. The maximum Gasteiger partial charge on any atom is 0.146 e. The van der Waals surface area contributed by atoms with Crippen molar-refractivity contribution in [3.05, 3.63) is 23.8 Å². The molecule has 0 spiro atoms.